The number of hydrogen-bond acceptors (Lipinski definition) is 3. The molecule has 4 rings (SSSR count). The Hall–Kier alpha value is -2.40. The van der Waals surface area contributed by atoms with E-state index in [0.29, 0.717) is 13.1 Å². The third-order valence-corrected chi connectivity index (χ3v) is 5.16. The van der Waals surface area contributed by atoms with Crippen LogP contribution in [0.15, 0.2) is 48.5 Å². The second-order valence-electron chi connectivity index (χ2n) is 6.70. The van der Waals surface area contributed by atoms with Crippen molar-refractivity contribution >= 4 is 11.6 Å². The summed E-state index contributed by atoms with van der Waals surface area (Å²) in [6, 6.07) is 14.7. The molecule has 2 aliphatic heterocycles. The monoisotopic (exact) mass is 339 g/mol. The van der Waals surface area contributed by atoms with Crippen molar-refractivity contribution in [2.45, 2.75) is 19.0 Å². The topological polar surface area (TPSA) is 35.6 Å². The van der Waals surface area contributed by atoms with Gasteiger partial charge in [0, 0.05) is 38.4 Å². The van der Waals surface area contributed by atoms with Gasteiger partial charge in [0.25, 0.3) is 0 Å². The van der Waals surface area contributed by atoms with Crippen LogP contribution in [-0.2, 0) is 17.8 Å². The molecule has 2 aliphatic rings. The second kappa shape index (κ2) is 6.84. The summed E-state index contributed by atoms with van der Waals surface area (Å²) in [6.07, 6.45) is 0.757. The molecule has 1 atom stereocenters. The zero-order valence-corrected chi connectivity index (χ0v) is 14.1. The van der Waals surface area contributed by atoms with Crippen molar-refractivity contribution in [2.75, 3.05) is 31.1 Å². The van der Waals surface area contributed by atoms with Crippen molar-refractivity contribution in [1.82, 2.24) is 10.2 Å². The zero-order valence-electron chi connectivity index (χ0n) is 14.1. The Labute approximate surface area is 147 Å². The Kier molecular flexibility index (Phi) is 4.40. The lowest BCUT2D eigenvalue weighted by molar-refractivity contribution is -0.134. The van der Waals surface area contributed by atoms with Crippen LogP contribution in [0.1, 0.15) is 11.1 Å². The van der Waals surface area contributed by atoms with Crippen molar-refractivity contribution in [3.63, 3.8) is 0 Å². The maximum atomic E-state index is 13.1. The standard InChI is InChI=1S/C20H22FN3O/c21-17-5-7-18(8-6-17)23-9-11-24(12-10-23)20(25)19-13-15-3-1-2-4-16(15)14-22-19/h1-8,19,22H,9-14H2. The molecule has 0 spiro atoms. The van der Waals surface area contributed by atoms with E-state index in [4.69, 9.17) is 0 Å². The van der Waals surface area contributed by atoms with Gasteiger partial charge < -0.3 is 15.1 Å². The third-order valence-electron chi connectivity index (χ3n) is 5.16. The molecule has 25 heavy (non-hydrogen) atoms. The minimum atomic E-state index is -0.221. The molecule has 4 nitrogen and oxygen atoms in total. The van der Waals surface area contributed by atoms with Crippen molar-refractivity contribution in [3.05, 3.63) is 65.5 Å². The van der Waals surface area contributed by atoms with Crippen molar-refractivity contribution in [1.29, 1.82) is 0 Å². The van der Waals surface area contributed by atoms with Crippen molar-refractivity contribution < 1.29 is 9.18 Å². The van der Waals surface area contributed by atoms with E-state index >= 15 is 0 Å². The highest BCUT2D eigenvalue weighted by Crippen LogP contribution is 2.20. The Morgan fingerprint density at radius 2 is 1.64 bits per heavy atom. The second-order valence-corrected chi connectivity index (χ2v) is 6.70. The average Bonchev–Trinajstić information content (AvgIpc) is 2.68. The highest BCUT2D eigenvalue weighted by Gasteiger charge is 2.29. The smallest absolute Gasteiger partial charge is 0.240 e. The van der Waals surface area contributed by atoms with Crippen LogP contribution in [0, 0.1) is 5.82 Å². The largest absolute Gasteiger partial charge is 0.368 e. The van der Waals surface area contributed by atoms with Gasteiger partial charge in [0.1, 0.15) is 5.82 Å². The van der Waals surface area contributed by atoms with E-state index < -0.39 is 0 Å². The summed E-state index contributed by atoms with van der Waals surface area (Å²) >= 11 is 0. The molecule has 1 N–H and O–H groups in total. The van der Waals surface area contributed by atoms with Gasteiger partial charge in [-0.1, -0.05) is 24.3 Å². The zero-order chi connectivity index (χ0) is 17.2. The van der Waals surface area contributed by atoms with Crippen LogP contribution in [0.2, 0.25) is 0 Å². The summed E-state index contributed by atoms with van der Waals surface area (Å²) in [5.74, 6) is -0.0329. The number of carbonyl (C=O) groups excluding carboxylic acids is 1. The van der Waals surface area contributed by atoms with Gasteiger partial charge in [0.15, 0.2) is 0 Å². The molecule has 0 saturated carbocycles. The predicted octanol–water partition coefficient (Wildman–Crippen LogP) is 2.19. The fraction of sp³-hybridized carbons (Fsp3) is 0.350. The number of halogens is 1. The number of piperazine rings is 1. The first-order valence-corrected chi connectivity index (χ1v) is 8.80. The lowest BCUT2D eigenvalue weighted by Crippen LogP contribution is -2.55. The molecular weight excluding hydrogens is 317 g/mol. The number of fused-ring (bicyclic) bond motifs is 1. The summed E-state index contributed by atoms with van der Waals surface area (Å²) in [5, 5.41) is 3.38. The van der Waals surface area contributed by atoms with E-state index in [-0.39, 0.29) is 17.8 Å². The number of amides is 1. The Morgan fingerprint density at radius 3 is 2.36 bits per heavy atom. The first-order chi connectivity index (χ1) is 12.2. The van der Waals surface area contributed by atoms with Crippen LogP contribution >= 0.6 is 0 Å². The third kappa shape index (κ3) is 3.37. The van der Waals surface area contributed by atoms with E-state index in [2.05, 4.69) is 22.3 Å². The van der Waals surface area contributed by atoms with Gasteiger partial charge in [0.2, 0.25) is 5.91 Å². The number of anilines is 1. The predicted molar refractivity (Wildman–Crippen MR) is 96.0 cm³/mol. The van der Waals surface area contributed by atoms with Crippen molar-refractivity contribution in [3.8, 4) is 0 Å². The van der Waals surface area contributed by atoms with Gasteiger partial charge in [0.05, 0.1) is 6.04 Å². The first-order valence-electron chi connectivity index (χ1n) is 8.80. The fourth-order valence-corrected chi connectivity index (χ4v) is 3.69. The molecule has 0 bridgehead atoms. The lowest BCUT2D eigenvalue weighted by Gasteiger charge is -2.38. The van der Waals surface area contributed by atoms with E-state index in [1.54, 1.807) is 12.1 Å². The molecular formula is C20H22FN3O. The number of benzene rings is 2. The highest BCUT2D eigenvalue weighted by molar-refractivity contribution is 5.83. The summed E-state index contributed by atoms with van der Waals surface area (Å²) in [6.45, 7) is 3.72. The molecule has 130 valence electrons. The van der Waals surface area contributed by atoms with E-state index in [1.807, 2.05) is 17.0 Å². The molecule has 2 aromatic carbocycles. The summed E-state index contributed by atoms with van der Waals surface area (Å²) in [7, 11) is 0. The van der Waals surface area contributed by atoms with Gasteiger partial charge in [-0.2, -0.15) is 0 Å². The normalized spacial score (nSPS) is 20.3. The van der Waals surface area contributed by atoms with Gasteiger partial charge in [-0.15, -0.1) is 0 Å². The summed E-state index contributed by atoms with van der Waals surface area (Å²) in [5.41, 5.74) is 3.57. The van der Waals surface area contributed by atoms with Crippen molar-refractivity contribution in [2.24, 2.45) is 0 Å². The number of carbonyl (C=O) groups is 1. The van der Waals surface area contributed by atoms with Gasteiger partial charge in [-0.25, -0.2) is 4.39 Å². The first kappa shape index (κ1) is 16.1. The Balaban J connectivity index is 1.36. The molecule has 1 unspecified atom stereocenters. The maximum absolute atomic E-state index is 13.1. The van der Waals surface area contributed by atoms with Crippen LogP contribution in [-0.4, -0.2) is 43.0 Å². The van der Waals surface area contributed by atoms with Crippen LogP contribution in [0.3, 0.4) is 0 Å². The number of nitrogens with zero attached hydrogens (tertiary/aromatic N) is 2. The van der Waals surface area contributed by atoms with E-state index in [1.165, 1.54) is 23.3 Å². The number of hydrogen-bond donors (Lipinski definition) is 1. The molecule has 0 aliphatic carbocycles. The fourth-order valence-electron chi connectivity index (χ4n) is 3.69. The maximum Gasteiger partial charge on any atom is 0.240 e. The molecule has 2 heterocycles. The van der Waals surface area contributed by atoms with Gasteiger partial charge >= 0.3 is 0 Å². The molecule has 0 aromatic heterocycles. The van der Waals surface area contributed by atoms with Crippen LogP contribution in [0.5, 0.6) is 0 Å². The van der Waals surface area contributed by atoms with Crippen LogP contribution < -0.4 is 10.2 Å². The highest BCUT2D eigenvalue weighted by atomic mass is 19.1. The quantitative estimate of drug-likeness (QED) is 0.911. The number of nitrogens with one attached hydrogen (secondary N) is 1. The van der Waals surface area contributed by atoms with Crippen LogP contribution in [0.25, 0.3) is 0 Å². The number of rotatable bonds is 2. The Morgan fingerprint density at radius 1 is 0.960 bits per heavy atom. The SMILES string of the molecule is O=C(C1Cc2ccccc2CN1)N1CCN(c2ccc(F)cc2)CC1. The Bertz CT molecular complexity index is 754. The minimum Gasteiger partial charge on any atom is -0.368 e. The average molecular weight is 339 g/mol. The van der Waals surface area contributed by atoms with E-state index in [0.717, 1.165) is 31.7 Å². The minimum absolute atomic E-state index is 0.132. The summed E-state index contributed by atoms with van der Waals surface area (Å²) in [4.78, 5) is 17.0. The molecule has 5 heteroatoms. The summed E-state index contributed by atoms with van der Waals surface area (Å²) < 4.78 is 13.1. The molecule has 1 amide bonds. The molecule has 1 fully saturated rings. The molecule has 2 aromatic rings. The van der Waals surface area contributed by atoms with Gasteiger partial charge in [-0.05, 0) is 41.8 Å². The van der Waals surface area contributed by atoms with E-state index in [9.17, 15) is 9.18 Å². The lowest BCUT2D eigenvalue weighted by atomic mass is 9.95. The van der Waals surface area contributed by atoms with Gasteiger partial charge in [-0.3, -0.25) is 4.79 Å². The van der Waals surface area contributed by atoms with Crippen LogP contribution in [0.4, 0.5) is 10.1 Å². The molecule has 1 saturated heterocycles. The molecule has 0 radical (unpaired) electrons.